The van der Waals surface area contributed by atoms with E-state index in [9.17, 15) is 9.59 Å². The number of carbonyl (C=O) groups is 2. The lowest BCUT2D eigenvalue weighted by molar-refractivity contribution is -0.140. The molecule has 0 spiro atoms. The number of halogens is 2. The van der Waals surface area contributed by atoms with Gasteiger partial charge in [-0.3, -0.25) is 4.79 Å². The third-order valence-electron chi connectivity index (χ3n) is 3.29. The summed E-state index contributed by atoms with van der Waals surface area (Å²) in [6, 6.07) is 5.27. The lowest BCUT2D eigenvalue weighted by Crippen LogP contribution is -2.44. The summed E-state index contributed by atoms with van der Waals surface area (Å²) in [5, 5.41) is 15.8. The van der Waals surface area contributed by atoms with Crippen molar-refractivity contribution in [1.82, 2.24) is 10.5 Å². The highest BCUT2D eigenvalue weighted by Crippen LogP contribution is 2.32. The molecule has 0 bridgehead atoms. The van der Waals surface area contributed by atoms with Gasteiger partial charge in [-0.25, -0.2) is 4.79 Å². The number of amides is 1. The molecule has 0 aliphatic rings. The number of hydrogen-bond donors (Lipinski definition) is 2. The fourth-order valence-electron chi connectivity index (χ4n) is 1.98. The van der Waals surface area contributed by atoms with Crippen LogP contribution in [0.25, 0.3) is 0 Å². The Bertz CT molecular complexity index is 755. The minimum absolute atomic E-state index is 0.0454. The Morgan fingerprint density at radius 3 is 2.52 bits per heavy atom. The van der Waals surface area contributed by atoms with E-state index in [0.717, 1.165) is 0 Å². The SMILES string of the molecule is CC(C)C(NC(=O)c1cc(COc2c(Cl)cccc2Cl)on1)C(=O)O. The van der Waals surface area contributed by atoms with Gasteiger partial charge in [0.15, 0.2) is 17.2 Å². The molecule has 1 atom stereocenters. The van der Waals surface area contributed by atoms with Crippen LogP contribution >= 0.6 is 23.2 Å². The highest BCUT2D eigenvalue weighted by atomic mass is 35.5. The maximum Gasteiger partial charge on any atom is 0.326 e. The van der Waals surface area contributed by atoms with Gasteiger partial charge in [-0.1, -0.05) is 48.3 Å². The highest BCUT2D eigenvalue weighted by molar-refractivity contribution is 6.37. The molecule has 7 nitrogen and oxygen atoms in total. The Morgan fingerprint density at radius 2 is 1.96 bits per heavy atom. The van der Waals surface area contributed by atoms with Crippen molar-refractivity contribution in [3.8, 4) is 5.75 Å². The molecule has 0 aliphatic heterocycles. The number of aliphatic carboxylic acids is 1. The molecular formula is C16H16Cl2N2O5. The summed E-state index contributed by atoms with van der Waals surface area (Å²) in [5.41, 5.74) is -0.0456. The Balaban J connectivity index is 2.02. The predicted molar refractivity (Wildman–Crippen MR) is 91.0 cm³/mol. The summed E-state index contributed by atoms with van der Waals surface area (Å²) in [7, 11) is 0. The second-order valence-electron chi connectivity index (χ2n) is 5.55. The van der Waals surface area contributed by atoms with Crippen molar-refractivity contribution in [2.45, 2.75) is 26.5 Å². The Hall–Kier alpha value is -2.25. The van der Waals surface area contributed by atoms with Crippen molar-refractivity contribution in [3.05, 3.63) is 45.8 Å². The molecule has 25 heavy (non-hydrogen) atoms. The van der Waals surface area contributed by atoms with Crippen LogP contribution < -0.4 is 10.1 Å². The number of hydrogen-bond acceptors (Lipinski definition) is 5. The van der Waals surface area contributed by atoms with Crippen LogP contribution in [-0.4, -0.2) is 28.2 Å². The van der Waals surface area contributed by atoms with Gasteiger partial charge in [-0.15, -0.1) is 0 Å². The quantitative estimate of drug-likeness (QED) is 0.755. The van der Waals surface area contributed by atoms with E-state index >= 15 is 0 Å². The molecule has 1 heterocycles. The lowest BCUT2D eigenvalue weighted by atomic mass is 10.0. The van der Waals surface area contributed by atoms with Crippen LogP contribution in [0.1, 0.15) is 30.1 Å². The van der Waals surface area contributed by atoms with Gasteiger partial charge >= 0.3 is 5.97 Å². The smallest absolute Gasteiger partial charge is 0.326 e. The molecule has 0 saturated heterocycles. The normalized spacial score (nSPS) is 12.0. The minimum Gasteiger partial charge on any atom is -0.482 e. The van der Waals surface area contributed by atoms with Gasteiger partial charge < -0.3 is 19.7 Å². The van der Waals surface area contributed by atoms with Crippen molar-refractivity contribution < 1.29 is 24.0 Å². The number of aromatic nitrogens is 1. The molecule has 1 aromatic carbocycles. The van der Waals surface area contributed by atoms with Crippen LogP contribution in [0.15, 0.2) is 28.8 Å². The molecule has 2 aromatic rings. The molecule has 9 heteroatoms. The molecule has 2 N–H and O–H groups in total. The van der Waals surface area contributed by atoms with Crippen LogP contribution in [-0.2, 0) is 11.4 Å². The van der Waals surface area contributed by atoms with E-state index in [4.69, 9.17) is 37.6 Å². The van der Waals surface area contributed by atoms with Gasteiger partial charge in [-0.2, -0.15) is 0 Å². The van der Waals surface area contributed by atoms with Crippen LogP contribution in [0.3, 0.4) is 0 Å². The van der Waals surface area contributed by atoms with Gasteiger partial charge in [0, 0.05) is 6.07 Å². The van der Waals surface area contributed by atoms with Crippen LogP contribution in [0.5, 0.6) is 5.75 Å². The molecule has 0 saturated carbocycles. The zero-order valence-corrected chi connectivity index (χ0v) is 15.0. The molecule has 1 unspecified atom stereocenters. The maximum atomic E-state index is 12.1. The van der Waals surface area contributed by atoms with E-state index in [1.54, 1.807) is 32.0 Å². The summed E-state index contributed by atoms with van der Waals surface area (Å²) in [6.45, 7) is 3.33. The summed E-state index contributed by atoms with van der Waals surface area (Å²) in [5.74, 6) is -1.49. The zero-order valence-electron chi connectivity index (χ0n) is 13.5. The second kappa shape index (κ2) is 8.22. The minimum atomic E-state index is -1.12. The number of para-hydroxylation sites is 1. The van der Waals surface area contributed by atoms with E-state index in [1.807, 2.05) is 0 Å². The Labute approximate surface area is 153 Å². The van der Waals surface area contributed by atoms with Gasteiger partial charge in [0.05, 0.1) is 10.0 Å². The summed E-state index contributed by atoms with van der Waals surface area (Å²) >= 11 is 12.0. The van der Waals surface area contributed by atoms with Gasteiger partial charge in [0.2, 0.25) is 0 Å². The number of rotatable bonds is 7. The van der Waals surface area contributed by atoms with Crippen molar-refractivity contribution in [1.29, 1.82) is 0 Å². The van der Waals surface area contributed by atoms with Crippen molar-refractivity contribution in [2.75, 3.05) is 0 Å². The van der Waals surface area contributed by atoms with E-state index in [-0.39, 0.29) is 24.0 Å². The largest absolute Gasteiger partial charge is 0.482 e. The number of nitrogens with zero attached hydrogens (tertiary/aromatic N) is 1. The topological polar surface area (TPSA) is 102 Å². The highest BCUT2D eigenvalue weighted by Gasteiger charge is 2.25. The number of carbonyl (C=O) groups excluding carboxylic acids is 1. The summed E-state index contributed by atoms with van der Waals surface area (Å²) in [6.07, 6.45) is 0. The van der Waals surface area contributed by atoms with Crippen LogP contribution in [0.4, 0.5) is 0 Å². The predicted octanol–water partition coefficient (Wildman–Crippen LogP) is 3.40. The van der Waals surface area contributed by atoms with E-state index in [1.165, 1.54) is 6.07 Å². The molecule has 0 aliphatic carbocycles. The van der Waals surface area contributed by atoms with E-state index in [0.29, 0.717) is 15.8 Å². The Kier molecular flexibility index (Phi) is 6.27. The second-order valence-corrected chi connectivity index (χ2v) is 6.37. The monoisotopic (exact) mass is 386 g/mol. The maximum absolute atomic E-state index is 12.1. The summed E-state index contributed by atoms with van der Waals surface area (Å²) in [4.78, 5) is 23.2. The standard InChI is InChI=1S/C16H16Cl2N2O5/c1-8(2)13(16(22)23)19-15(21)12-6-9(25-20-12)7-24-14-10(17)4-3-5-11(14)18/h3-6,8,13H,7H2,1-2H3,(H,19,21)(H,22,23). The van der Waals surface area contributed by atoms with Crippen molar-refractivity contribution in [3.63, 3.8) is 0 Å². The van der Waals surface area contributed by atoms with Crippen molar-refractivity contribution >= 4 is 35.1 Å². The van der Waals surface area contributed by atoms with Crippen LogP contribution in [0, 0.1) is 5.92 Å². The summed E-state index contributed by atoms with van der Waals surface area (Å²) < 4.78 is 10.5. The number of ether oxygens (including phenoxy) is 1. The first-order chi connectivity index (χ1) is 11.8. The first-order valence-electron chi connectivity index (χ1n) is 7.35. The third-order valence-corrected chi connectivity index (χ3v) is 3.88. The van der Waals surface area contributed by atoms with Gasteiger partial charge in [0.1, 0.15) is 12.6 Å². The fraction of sp³-hybridized carbons (Fsp3) is 0.312. The molecular weight excluding hydrogens is 371 g/mol. The Morgan fingerprint density at radius 1 is 1.32 bits per heavy atom. The molecule has 0 radical (unpaired) electrons. The number of carboxylic acids is 1. The first kappa shape index (κ1) is 19.1. The first-order valence-corrected chi connectivity index (χ1v) is 8.11. The fourth-order valence-corrected chi connectivity index (χ4v) is 2.49. The molecule has 2 rings (SSSR count). The van der Waals surface area contributed by atoms with Gasteiger partial charge in [0.25, 0.3) is 5.91 Å². The van der Waals surface area contributed by atoms with E-state index < -0.39 is 17.9 Å². The van der Waals surface area contributed by atoms with Gasteiger partial charge in [-0.05, 0) is 18.1 Å². The average molecular weight is 387 g/mol. The average Bonchev–Trinajstić information content (AvgIpc) is 3.00. The molecule has 134 valence electrons. The van der Waals surface area contributed by atoms with E-state index in [2.05, 4.69) is 10.5 Å². The molecule has 1 amide bonds. The zero-order chi connectivity index (χ0) is 18.6. The molecule has 0 fully saturated rings. The number of carboxylic acid groups (broad SMARTS) is 1. The number of benzene rings is 1. The number of nitrogens with one attached hydrogen (secondary N) is 1. The third kappa shape index (κ3) is 4.87. The van der Waals surface area contributed by atoms with Crippen molar-refractivity contribution in [2.24, 2.45) is 5.92 Å². The molecule has 1 aromatic heterocycles. The lowest BCUT2D eigenvalue weighted by Gasteiger charge is -2.16. The van der Waals surface area contributed by atoms with Crippen LogP contribution in [0.2, 0.25) is 10.0 Å².